The van der Waals surface area contributed by atoms with E-state index in [1.807, 2.05) is 24.3 Å². The topological polar surface area (TPSA) is 71.0 Å². The quantitative estimate of drug-likeness (QED) is 0.213. The molecule has 1 aliphatic rings. The average Bonchev–Trinajstić information content (AvgIpc) is 2.78. The molecule has 8 heteroatoms. The summed E-state index contributed by atoms with van der Waals surface area (Å²) in [5.74, 6) is 2.21. The van der Waals surface area contributed by atoms with Crippen molar-refractivity contribution in [3.8, 4) is 11.6 Å². The van der Waals surface area contributed by atoms with Gasteiger partial charge >= 0.3 is 0 Å². The van der Waals surface area contributed by atoms with Gasteiger partial charge in [0.1, 0.15) is 5.75 Å². The summed E-state index contributed by atoms with van der Waals surface area (Å²) >= 11 is 0. The van der Waals surface area contributed by atoms with E-state index in [1.54, 1.807) is 6.20 Å². The van der Waals surface area contributed by atoms with Crippen molar-refractivity contribution in [2.45, 2.75) is 33.7 Å². The number of nitrogens with zero attached hydrogens (tertiary/aromatic N) is 3. The van der Waals surface area contributed by atoms with E-state index in [-0.39, 0.29) is 24.0 Å². The lowest BCUT2D eigenvalue weighted by Gasteiger charge is -2.26. The Hall–Kier alpha value is -1.91. The van der Waals surface area contributed by atoms with Crippen LogP contribution in [0.5, 0.6) is 11.6 Å². The molecule has 0 bridgehead atoms. The van der Waals surface area contributed by atoms with E-state index in [0.29, 0.717) is 12.4 Å². The second-order valence-electron chi connectivity index (χ2n) is 7.78. The molecule has 0 amide bonds. The van der Waals surface area contributed by atoms with Crippen molar-refractivity contribution >= 4 is 29.9 Å². The minimum atomic E-state index is 0. The van der Waals surface area contributed by atoms with E-state index >= 15 is 0 Å². The van der Waals surface area contributed by atoms with Gasteiger partial charge in [0.05, 0.1) is 19.8 Å². The molecule has 1 aromatic carbocycles. The van der Waals surface area contributed by atoms with Crippen LogP contribution in [0.1, 0.15) is 30.0 Å². The van der Waals surface area contributed by atoms with Crippen LogP contribution in [0.3, 0.4) is 0 Å². The van der Waals surface area contributed by atoms with E-state index in [4.69, 9.17) is 14.5 Å². The number of morpholine rings is 1. The third kappa shape index (κ3) is 8.91. The lowest BCUT2D eigenvalue weighted by Crippen LogP contribution is -2.40. The molecule has 7 nitrogen and oxygen atoms in total. The van der Waals surface area contributed by atoms with Crippen LogP contribution in [0.15, 0.2) is 41.5 Å². The second kappa shape index (κ2) is 14.3. The van der Waals surface area contributed by atoms with Crippen LogP contribution in [0, 0.1) is 13.8 Å². The number of rotatable bonds is 9. The molecule has 1 aromatic heterocycles. The molecule has 0 aliphatic carbocycles. The first-order valence-corrected chi connectivity index (χ1v) is 11.2. The number of pyridine rings is 1. The summed E-state index contributed by atoms with van der Waals surface area (Å²) in [5, 5.41) is 6.75. The highest BCUT2D eigenvalue weighted by Gasteiger charge is 2.09. The van der Waals surface area contributed by atoms with Crippen molar-refractivity contribution in [3.05, 3.63) is 53.2 Å². The standard InChI is InChI=1S/C24H35N5O2.HI/c1-4-25-24(27-9-5-11-29-12-14-30-15-13-29)28-18-21-8-10-26-23(17-21)31-22-7-6-19(2)20(3)16-22;/h6-8,10,16-17H,4-5,9,11-15,18H2,1-3H3,(H2,25,27,28);1H. The minimum Gasteiger partial charge on any atom is -0.439 e. The van der Waals surface area contributed by atoms with E-state index in [0.717, 1.165) is 69.6 Å². The summed E-state index contributed by atoms with van der Waals surface area (Å²) in [6.07, 6.45) is 2.84. The highest BCUT2D eigenvalue weighted by Crippen LogP contribution is 2.22. The van der Waals surface area contributed by atoms with Crippen LogP contribution < -0.4 is 15.4 Å². The van der Waals surface area contributed by atoms with Gasteiger partial charge in [0.15, 0.2) is 5.96 Å². The van der Waals surface area contributed by atoms with Crippen molar-refractivity contribution in [2.24, 2.45) is 4.99 Å². The van der Waals surface area contributed by atoms with Crippen LogP contribution in [0.25, 0.3) is 0 Å². The van der Waals surface area contributed by atoms with Crippen molar-refractivity contribution in [2.75, 3.05) is 45.9 Å². The monoisotopic (exact) mass is 553 g/mol. The first-order valence-electron chi connectivity index (χ1n) is 11.2. The lowest BCUT2D eigenvalue weighted by atomic mass is 10.1. The SMILES string of the molecule is CCNC(=NCc1ccnc(Oc2ccc(C)c(C)c2)c1)NCCCN1CCOCC1.I. The van der Waals surface area contributed by atoms with Crippen molar-refractivity contribution in [3.63, 3.8) is 0 Å². The van der Waals surface area contributed by atoms with Crippen LogP contribution in [-0.4, -0.2) is 61.8 Å². The van der Waals surface area contributed by atoms with Crippen molar-refractivity contribution < 1.29 is 9.47 Å². The molecule has 176 valence electrons. The molecule has 1 saturated heterocycles. The number of hydrogen-bond donors (Lipinski definition) is 2. The first kappa shape index (κ1) is 26.3. The number of benzene rings is 1. The number of aliphatic imine (C=N–C) groups is 1. The van der Waals surface area contributed by atoms with Gasteiger partial charge in [-0.05, 0) is 68.6 Å². The molecule has 0 radical (unpaired) electrons. The Morgan fingerprint density at radius 1 is 1.12 bits per heavy atom. The molecular formula is C24H36IN5O2. The molecule has 2 heterocycles. The fourth-order valence-electron chi connectivity index (χ4n) is 3.35. The number of guanidine groups is 1. The second-order valence-corrected chi connectivity index (χ2v) is 7.78. The summed E-state index contributed by atoms with van der Waals surface area (Å²) in [4.78, 5) is 11.5. The van der Waals surface area contributed by atoms with Gasteiger partial charge < -0.3 is 20.1 Å². The maximum Gasteiger partial charge on any atom is 0.219 e. The third-order valence-electron chi connectivity index (χ3n) is 5.31. The zero-order valence-corrected chi connectivity index (χ0v) is 21.7. The van der Waals surface area contributed by atoms with Gasteiger partial charge in [-0.2, -0.15) is 0 Å². The predicted molar refractivity (Wildman–Crippen MR) is 140 cm³/mol. The van der Waals surface area contributed by atoms with Crippen LogP contribution in [0.4, 0.5) is 0 Å². The largest absolute Gasteiger partial charge is 0.439 e. The predicted octanol–water partition coefficient (Wildman–Crippen LogP) is 3.89. The lowest BCUT2D eigenvalue weighted by molar-refractivity contribution is 0.0376. The molecule has 1 aliphatic heterocycles. The number of ether oxygens (including phenoxy) is 2. The number of halogens is 1. The van der Waals surface area contributed by atoms with E-state index in [2.05, 4.69) is 47.4 Å². The molecule has 0 spiro atoms. The average molecular weight is 553 g/mol. The number of nitrogens with one attached hydrogen (secondary N) is 2. The fraction of sp³-hybridized carbons (Fsp3) is 0.500. The molecule has 0 unspecified atom stereocenters. The Bertz CT molecular complexity index is 856. The Kier molecular flexibility index (Phi) is 11.8. The Morgan fingerprint density at radius 3 is 2.69 bits per heavy atom. The molecule has 0 saturated carbocycles. The van der Waals surface area contributed by atoms with Crippen LogP contribution in [-0.2, 0) is 11.3 Å². The molecule has 32 heavy (non-hydrogen) atoms. The molecule has 1 fully saturated rings. The van der Waals surface area contributed by atoms with Gasteiger partial charge in [0.25, 0.3) is 0 Å². The van der Waals surface area contributed by atoms with Gasteiger partial charge in [-0.3, -0.25) is 4.90 Å². The smallest absolute Gasteiger partial charge is 0.219 e. The zero-order chi connectivity index (χ0) is 21.9. The summed E-state index contributed by atoms with van der Waals surface area (Å²) in [5.41, 5.74) is 3.50. The highest BCUT2D eigenvalue weighted by molar-refractivity contribution is 14.0. The number of aromatic nitrogens is 1. The maximum absolute atomic E-state index is 5.94. The van der Waals surface area contributed by atoms with Gasteiger partial charge in [-0.15, -0.1) is 24.0 Å². The zero-order valence-electron chi connectivity index (χ0n) is 19.4. The van der Waals surface area contributed by atoms with E-state index in [9.17, 15) is 0 Å². The summed E-state index contributed by atoms with van der Waals surface area (Å²) < 4.78 is 11.3. The van der Waals surface area contributed by atoms with Crippen LogP contribution >= 0.6 is 24.0 Å². The normalized spacial score (nSPS) is 14.5. The summed E-state index contributed by atoms with van der Waals surface area (Å²) in [6.45, 7) is 13.4. The molecule has 2 N–H and O–H groups in total. The molecular weight excluding hydrogens is 517 g/mol. The van der Waals surface area contributed by atoms with E-state index < -0.39 is 0 Å². The fourth-order valence-corrected chi connectivity index (χ4v) is 3.35. The van der Waals surface area contributed by atoms with Gasteiger partial charge in [-0.25, -0.2) is 9.98 Å². The highest BCUT2D eigenvalue weighted by atomic mass is 127. The van der Waals surface area contributed by atoms with Crippen LogP contribution in [0.2, 0.25) is 0 Å². The molecule has 2 aromatic rings. The minimum absolute atomic E-state index is 0. The number of aryl methyl sites for hydroxylation is 2. The Labute approximate surface area is 209 Å². The van der Waals surface area contributed by atoms with Gasteiger partial charge in [0.2, 0.25) is 5.88 Å². The number of hydrogen-bond acceptors (Lipinski definition) is 5. The molecule has 3 rings (SSSR count). The van der Waals surface area contributed by atoms with E-state index in [1.165, 1.54) is 11.1 Å². The summed E-state index contributed by atoms with van der Waals surface area (Å²) in [7, 11) is 0. The van der Waals surface area contributed by atoms with Gasteiger partial charge in [0, 0.05) is 38.4 Å². The van der Waals surface area contributed by atoms with Gasteiger partial charge in [-0.1, -0.05) is 6.07 Å². The Morgan fingerprint density at radius 2 is 1.94 bits per heavy atom. The first-order chi connectivity index (χ1) is 15.1. The third-order valence-corrected chi connectivity index (χ3v) is 5.31. The summed E-state index contributed by atoms with van der Waals surface area (Å²) in [6, 6.07) is 9.98. The Balaban J connectivity index is 0.00000363. The maximum atomic E-state index is 5.94. The van der Waals surface area contributed by atoms with Crippen molar-refractivity contribution in [1.29, 1.82) is 0 Å². The van der Waals surface area contributed by atoms with Crippen molar-refractivity contribution in [1.82, 2.24) is 20.5 Å². The molecule has 0 atom stereocenters.